The molecule has 4 heavy (non-hydrogen) atoms. The van der Waals surface area contributed by atoms with E-state index in [1.165, 1.54) is 0 Å². The van der Waals surface area contributed by atoms with Crippen molar-refractivity contribution in [2.24, 2.45) is 0 Å². The van der Waals surface area contributed by atoms with Crippen LogP contribution in [0.5, 0.6) is 0 Å². The summed E-state index contributed by atoms with van der Waals surface area (Å²) >= 11 is 0. The molecule has 0 saturated carbocycles. The second-order valence-electron chi connectivity index (χ2n) is 0. The van der Waals surface area contributed by atoms with Gasteiger partial charge in [0.25, 0.3) is 0 Å². The summed E-state index contributed by atoms with van der Waals surface area (Å²) in [5, 5.41) is 0. The van der Waals surface area contributed by atoms with Crippen LogP contribution in [0.4, 0.5) is 0 Å². The van der Waals surface area contributed by atoms with Gasteiger partial charge in [-0.3, -0.25) is 0 Å². The fourth-order valence-corrected chi connectivity index (χ4v) is 0. The van der Waals surface area contributed by atoms with Crippen molar-refractivity contribution in [3.63, 3.8) is 0 Å². The maximum atomic E-state index is 0. The molecule has 0 aromatic rings. The van der Waals surface area contributed by atoms with Crippen molar-refractivity contribution >= 4 is 49.9 Å². The second kappa shape index (κ2) is 17.0. The van der Waals surface area contributed by atoms with Crippen LogP contribution >= 0.6 is 0 Å². The minimum absolute atomic E-state index is 0. The van der Waals surface area contributed by atoms with Crippen LogP contribution in [0.2, 0.25) is 0 Å². The average molecular weight is 471 g/mol. The van der Waals surface area contributed by atoms with Crippen LogP contribution in [0, 0.1) is 0 Å². The predicted molar refractivity (Wildman–Crippen MR) is 18.5 cm³/mol. The van der Waals surface area contributed by atoms with Gasteiger partial charge in [0.15, 0.2) is 0 Å². The van der Waals surface area contributed by atoms with Gasteiger partial charge in [-0.2, -0.15) is 0 Å². The Morgan fingerprint density at radius 3 is 1.00 bits per heavy atom. The topological polar surface area (TPSA) is 0 Å². The summed E-state index contributed by atoms with van der Waals surface area (Å²) in [6.07, 6.45) is 0. The fourth-order valence-electron chi connectivity index (χ4n) is 0. The third-order valence-electron chi connectivity index (χ3n) is 0. The van der Waals surface area contributed by atoms with Gasteiger partial charge in [-0.1, -0.05) is 0 Å². The monoisotopic (exact) mass is 471 g/mol. The third kappa shape index (κ3) is 8.84. The third-order valence-corrected chi connectivity index (χ3v) is 0. The summed E-state index contributed by atoms with van der Waals surface area (Å²) in [4.78, 5) is 0. The Bertz CT molecular complexity index is 8.00. The van der Waals surface area contributed by atoms with E-state index in [4.69, 9.17) is 0 Å². The Morgan fingerprint density at radius 2 is 1.00 bits per heavy atom. The Hall–Kier alpha value is 2.82. The second-order valence-corrected chi connectivity index (χ2v) is 0. The van der Waals surface area contributed by atoms with Crippen LogP contribution in [0.3, 0.4) is 0 Å². The van der Waals surface area contributed by atoms with Crippen LogP contribution < -0.4 is 0 Å². The van der Waals surface area contributed by atoms with E-state index in [0.29, 0.717) is 0 Å². The molecule has 0 unspecified atom stereocenters. The quantitative estimate of drug-likeness (QED) is 0.356. The first-order valence-corrected chi connectivity index (χ1v) is 0. The van der Waals surface area contributed by atoms with Crippen LogP contribution in [-0.4, -0.2) is 49.9 Å². The van der Waals surface area contributed by atoms with Gasteiger partial charge in [-0.05, 0) is 0 Å². The summed E-state index contributed by atoms with van der Waals surface area (Å²) in [6.45, 7) is 0. The van der Waals surface area contributed by atoms with E-state index < -0.39 is 0 Å². The summed E-state index contributed by atoms with van der Waals surface area (Å²) in [6, 6.07) is 0. The smallest absolute Gasteiger partial charge is 0 e. The van der Waals surface area contributed by atoms with Gasteiger partial charge in [0.2, 0.25) is 0 Å². The van der Waals surface area contributed by atoms with Gasteiger partial charge in [-0.25, -0.2) is 0 Å². The van der Waals surface area contributed by atoms with Crippen LogP contribution in [0.15, 0.2) is 0 Å². The van der Waals surface area contributed by atoms with Crippen molar-refractivity contribution in [2.45, 2.75) is 0 Å². The van der Waals surface area contributed by atoms with Crippen LogP contribution in [-0.2, 0) is 36.5 Å². The van der Waals surface area contributed by atoms with E-state index in [1.54, 1.807) is 0 Å². The van der Waals surface area contributed by atoms with Crippen molar-refractivity contribution in [3.8, 4) is 0 Å². The minimum Gasteiger partial charge on any atom is 0 e. The molecule has 0 bridgehead atoms. The predicted octanol–water partition coefficient (Wildman–Crippen LogP) is -2.11. The van der Waals surface area contributed by atoms with E-state index in [0.717, 1.165) is 0 Å². The molecular weight excluding hydrogens is 466 g/mol. The normalized spacial score (nSPS) is 0. The zero-order valence-corrected chi connectivity index (χ0v) is 14.5. The maximum Gasteiger partial charge on any atom is 0 e. The van der Waals surface area contributed by atoms with Gasteiger partial charge >= 0.3 is 49.9 Å². The standard InChI is InChI=1S/Bi.Cu.H2Te.Zn.3H/h;;1H2;;;;. The largest absolute Gasteiger partial charge is 0 e. The molecule has 4 heteroatoms. The first-order chi connectivity index (χ1) is 0. The van der Waals surface area contributed by atoms with E-state index in [-0.39, 0.29) is 86.4 Å². The Balaban J connectivity index is 0. The van der Waals surface area contributed by atoms with Gasteiger partial charge in [0.1, 0.15) is 0 Å². The van der Waals surface area contributed by atoms with Gasteiger partial charge < -0.3 is 0 Å². The SMILES string of the molecule is [BiH3].[Cu].[TeH2].[Zn]. The molecule has 0 atom stereocenters. The van der Waals surface area contributed by atoms with E-state index in [2.05, 4.69) is 0 Å². The Kier molecular flexibility index (Phi) is 124. The number of rotatable bonds is 0. The zero-order chi connectivity index (χ0) is 0. The summed E-state index contributed by atoms with van der Waals surface area (Å²) in [7, 11) is 0. The molecule has 29 valence electrons. The molecule has 0 spiro atoms. The first-order valence-electron chi connectivity index (χ1n) is 0. The van der Waals surface area contributed by atoms with E-state index in [9.17, 15) is 0 Å². The Labute approximate surface area is 84.9 Å². The van der Waals surface area contributed by atoms with Crippen molar-refractivity contribution < 1.29 is 36.5 Å². The van der Waals surface area contributed by atoms with Crippen LogP contribution in [0.1, 0.15) is 0 Å². The summed E-state index contributed by atoms with van der Waals surface area (Å²) in [5.41, 5.74) is 0. The molecule has 0 amide bonds. The van der Waals surface area contributed by atoms with E-state index in [1.807, 2.05) is 0 Å². The minimum atomic E-state index is 0. The molecule has 0 heterocycles. The molecule has 0 fully saturated rings. The first kappa shape index (κ1) is 29.1. The molecule has 0 aromatic carbocycles. The number of hydrogen-bond donors (Lipinski definition) is 0. The summed E-state index contributed by atoms with van der Waals surface area (Å²) < 4.78 is 0. The molecule has 0 nitrogen and oxygen atoms in total. The molecule has 0 aliphatic heterocycles. The molecule has 0 aromatic heterocycles. The maximum absolute atomic E-state index is 0. The van der Waals surface area contributed by atoms with Crippen molar-refractivity contribution in [1.29, 1.82) is 0 Å². The molecule has 0 rings (SSSR count). The van der Waals surface area contributed by atoms with Gasteiger partial charge in [0.05, 0.1) is 0 Å². The van der Waals surface area contributed by atoms with Crippen molar-refractivity contribution in [1.82, 2.24) is 0 Å². The number of hydrogen-bond acceptors (Lipinski definition) is 0. The fraction of sp³-hybridized carbons (Fsp3) is 0. The van der Waals surface area contributed by atoms with Gasteiger partial charge in [-0.15, -0.1) is 0 Å². The average Bonchev–Trinajstić information content (AvgIpc) is 0. The van der Waals surface area contributed by atoms with Crippen molar-refractivity contribution in [3.05, 3.63) is 0 Å². The van der Waals surface area contributed by atoms with Gasteiger partial charge in [0, 0.05) is 36.5 Å². The molecule has 1 radical (unpaired) electrons. The van der Waals surface area contributed by atoms with Crippen molar-refractivity contribution in [2.75, 3.05) is 0 Å². The molecular formula is H5BiCuTeZn. The Morgan fingerprint density at radius 1 is 1.00 bits per heavy atom. The molecule has 0 aliphatic carbocycles. The summed E-state index contributed by atoms with van der Waals surface area (Å²) in [5.74, 6) is 0. The molecule has 0 N–H and O–H groups in total. The van der Waals surface area contributed by atoms with E-state index >= 15 is 0 Å². The molecule has 0 aliphatic rings. The van der Waals surface area contributed by atoms with Crippen LogP contribution in [0.25, 0.3) is 0 Å². The molecule has 0 saturated heterocycles. The zero-order valence-electron chi connectivity index (χ0n) is 2.22.